The van der Waals surface area contributed by atoms with Crippen LogP contribution in [-0.4, -0.2) is 29.8 Å². The summed E-state index contributed by atoms with van der Waals surface area (Å²) in [5.41, 5.74) is 0.200. The molecule has 5 heteroatoms. The zero-order valence-corrected chi connectivity index (χ0v) is 14.6. The van der Waals surface area contributed by atoms with Gasteiger partial charge in [0.25, 0.3) is 0 Å². The van der Waals surface area contributed by atoms with Gasteiger partial charge in [-0.3, -0.25) is 9.18 Å². The summed E-state index contributed by atoms with van der Waals surface area (Å²) in [5.74, 6) is -0.811. The Bertz CT molecular complexity index is 550. The number of rotatable bonds is 5. The van der Waals surface area contributed by atoms with Crippen LogP contribution in [0.4, 0.5) is 4.39 Å². The van der Waals surface area contributed by atoms with Gasteiger partial charge in [-0.25, -0.2) is 0 Å². The number of benzene rings is 1. The van der Waals surface area contributed by atoms with Gasteiger partial charge in [0.05, 0.1) is 12.1 Å². The van der Waals surface area contributed by atoms with E-state index in [-0.39, 0.29) is 12.0 Å². The van der Waals surface area contributed by atoms with Crippen molar-refractivity contribution in [1.29, 1.82) is 0 Å². The molecule has 2 aliphatic rings. The molecule has 0 amide bonds. The fourth-order valence-electron chi connectivity index (χ4n) is 4.39. The summed E-state index contributed by atoms with van der Waals surface area (Å²) in [6.07, 6.45) is 3.45. The maximum Gasteiger partial charge on any atom is 0.311 e. The fourth-order valence-corrected chi connectivity index (χ4v) is 4.75. The maximum absolute atomic E-state index is 12.8. The van der Waals surface area contributed by atoms with Crippen LogP contribution in [0.3, 0.4) is 0 Å². The molecule has 0 saturated carbocycles. The Hall–Kier alpha value is -0.690. The molecule has 0 spiro atoms. The number of hydrogen-bond donors (Lipinski definition) is 2. The molecule has 2 fully saturated rings. The molecular formula is C17H21FINO2. The minimum atomic E-state index is -0.883. The Labute approximate surface area is 143 Å². The first-order valence-corrected chi connectivity index (χ1v) is 8.96. The maximum atomic E-state index is 12.8. The van der Waals surface area contributed by atoms with E-state index in [1.807, 2.05) is 24.3 Å². The van der Waals surface area contributed by atoms with Crippen molar-refractivity contribution in [3.63, 3.8) is 0 Å². The van der Waals surface area contributed by atoms with Crippen LogP contribution in [0.25, 0.3) is 0 Å². The number of halogens is 2. The number of piperidine rings is 1. The van der Waals surface area contributed by atoms with Crippen molar-refractivity contribution in [3.05, 3.63) is 33.4 Å². The van der Waals surface area contributed by atoms with Gasteiger partial charge in [0.1, 0.15) is 0 Å². The number of fused-ring (bicyclic) bond motifs is 2. The molecule has 3 rings (SSSR count). The van der Waals surface area contributed by atoms with Crippen molar-refractivity contribution in [2.75, 3.05) is 6.67 Å². The van der Waals surface area contributed by atoms with Gasteiger partial charge in [-0.05, 0) is 72.4 Å². The van der Waals surface area contributed by atoms with Crippen molar-refractivity contribution < 1.29 is 14.3 Å². The summed E-state index contributed by atoms with van der Waals surface area (Å²) < 4.78 is 13.9. The third kappa shape index (κ3) is 2.66. The largest absolute Gasteiger partial charge is 0.481 e. The first kappa shape index (κ1) is 16.2. The SMILES string of the molecule is O=C(O)[C@]1(CCCF)C2CCC(C[C@@H]1c1ccc(I)cc1)N2. The molecule has 2 saturated heterocycles. The first-order valence-electron chi connectivity index (χ1n) is 7.89. The summed E-state index contributed by atoms with van der Waals surface area (Å²) >= 11 is 2.25. The summed E-state index contributed by atoms with van der Waals surface area (Å²) in [5, 5.41) is 13.5. The lowest BCUT2D eigenvalue weighted by atomic mass is 9.62. The molecule has 0 aliphatic carbocycles. The van der Waals surface area contributed by atoms with Crippen LogP contribution >= 0.6 is 22.6 Å². The van der Waals surface area contributed by atoms with Crippen LogP contribution in [0.5, 0.6) is 0 Å². The molecule has 2 aliphatic heterocycles. The standard InChI is InChI=1S/C17H21FINO2/c18-9-1-8-17(16(21)22)14(10-13-6-7-15(17)20-13)11-2-4-12(19)5-3-11/h2-5,13-15,20H,1,6-10H2,(H,21,22)/t13?,14-,15?,17+/m1/s1. The minimum absolute atomic E-state index is 0.0349. The highest BCUT2D eigenvalue weighted by Crippen LogP contribution is 2.53. The second kappa shape index (κ2) is 6.43. The Morgan fingerprint density at radius 3 is 2.73 bits per heavy atom. The van der Waals surface area contributed by atoms with E-state index in [2.05, 4.69) is 27.9 Å². The predicted octanol–water partition coefficient (Wildman–Crippen LogP) is 3.72. The van der Waals surface area contributed by atoms with E-state index in [1.165, 1.54) is 0 Å². The van der Waals surface area contributed by atoms with Crippen molar-refractivity contribution in [3.8, 4) is 0 Å². The number of aliphatic carboxylic acids is 1. The van der Waals surface area contributed by atoms with Crippen molar-refractivity contribution in [2.45, 2.75) is 50.1 Å². The molecule has 2 N–H and O–H groups in total. The lowest BCUT2D eigenvalue weighted by Crippen LogP contribution is -2.57. The predicted molar refractivity (Wildman–Crippen MR) is 91.7 cm³/mol. The van der Waals surface area contributed by atoms with E-state index in [9.17, 15) is 14.3 Å². The lowest BCUT2D eigenvalue weighted by molar-refractivity contribution is -0.155. The van der Waals surface area contributed by atoms with Gasteiger partial charge < -0.3 is 10.4 Å². The van der Waals surface area contributed by atoms with E-state index in [4.69, 9.17) is 0 Å². The van der Waals surface area contributed by atoms with Gasteiger partial charge in [-0.1, -0.05) is 12.1 Å². The molecule has 0 radical (unpaired) electrons. The summed E-state index contributed by atoms with van der Waals surface area (Å²) in [6.45, 7) is -0.454. The van der Waals surface area contributed by atoms with Crippen LogP contribution in [0.2, 0.25) is 0 Å². The minimum Gasteiger partial charge on any atom is -0.481 e. The van der Waals surface area contributed by atoms with Crippen LogP contribution in [0.15, 0.2) is 24.3 Å². The Morgan fingerprint density at radius 2 is 2.09 bits per heavy atom. The van der Waals surface area contributed by atoms with E-state index in [0.717, 1.165) is 28.4 Å². The lowest BCUT2D eigenvalue weighted by Gasteiger charge is -2.46. The number of carbonyl (C=O) groups is 1. The smallest absolute Gasteiger partial charge is 0.311 e. The summed E-state index contributed by atoms with van der Waals surface area (Å²) in [6, 6.07) is 8.50. The number of alkyl halides is 1. The topological polar surface area (TPSA) is 49.3 Å². The van der Waals surface area contributed by atoms with Gasteiger partial charge >= 0.3 is 5.97 Å². The molecule has 0 aromatic heterocycles. The molecule has 2 unspecified atom stereocenters. The summed E-state index contributed by atoms with van der Waals surface area (Å²) in [7, 11) is 0. The monoisotopic (exact) mass is 417 g/mol. The number of carboxylic acid groups (broad SMARTS) is 1. The molecule has 2 heterocycles. The molecule has 120 valence electrons. The van der Waals surface area contributed by atoms with E-state index in [1.54, 1.807) is 0 Å². The molecular weight excluding hydrogens is 396 g/mol. The number of hydrogen-bond acceptors (Lipinski definition) is 2. The molecule has 22 heavy (non-hydrogen) atoms. The van der Waals surface area contributed by atoms with E-state index < -0.39 is 18.1 Å². The van der Waals surface area contributed by atoms with E-state index >= 15 is 0 Å². The van der Waals surface area contributed by atoms with Crippen LogP contribution in [-0.2, 0) is 4.79 Å². The first-order chi connectivity index (χ1) is 10.6. The van der Waals surface area contributed by atoms with Gasteiger partial charge in [-0.2, -0.15) is 0 Å². The average Bonchev–Trinajstić information content (AvgIpc) is 2.91. The Balaban J connectivity index is 2.03. The second-order valence-corrected chi connectivity index (χ2v) is 7.72. The highest BCUT2D eigenvalue weighted by molar-refractivity contribution is 14.1. The van der Waals surface area contributed by atoms with E-state index in [0.29, 0.717) is 18.9 Å². The van der Waals surface area contributed by atoms with Gasteiger partial charge in [-0.15, -0.1) is 0 Å². The Kier molecular flexibility index (Phi) is 4.73. The summed E-state index contributed by atoms with van der Waals surface area (Å²) in [4.78, 5) is 12.3. The highest BCUT2D eigenvalue weighted by atomic mass is 127. The average molecular weight is 417 g/mol. The molecule has 2 bridgehead atoms. The Morgan fingerprint density at radius 1 is 1.36 bits per heavy atom. The van der Waals surface area contributed by atoms with Crippen LogP contribution in [0.1, 0.15) is 43.6 Å². The molecule has 1 aromatic rings. The number of carboxylic acids is 1. The van der Waals surface area contributed by atoms with Crippen molar-refractivity contribution in [1.82, 2.24) is 5.32 Å². The fraction of sp³-hybridized carbons (Fsp3) is 0.588. The second-order valence-electron chi connectivity index (χ2n) is 6.47. The van der Waals surface area contributed by atoms with Gasteiger partial charge in [0.15, 0.2) is 0 Å². The molecule has 1 aromatic carbocycles. The third-order valence-corrected chi connectivity index (χ3v) is 6.12. The van der Waals surface area contributed by atoms with Gasteiger partial charge in [0.2, 0.25) is 0 Å². The quantitative estimate of drug-likeness (QED) is 0.719. The zero-order valence-electron chi connectivity index (χ0n) is 12.4. The van der Waals surface area contributed by atoms with Crippen molar-refractivity contribution in [2.24, 2.45) is 5.41 Å². The third-order valence-electron chi connectivity index (χ3n) is 5.40. The normalized spacial score (nSPS) is 33.8. The zero-order chi connectivity index (χ0) is 15.7. The highest BCUT2D eigenvalue weighted by Gasteiger charge is 2.57. The van der Waals surface area contributed by atoms with Gasteiger partial charge in [0, 0.05) is 21.6 Å². The van der Waals surface area contributed by atoms with Crippen LogP contribution in [0, 0.1) is 8.99 Å². The molecule has 3 nitrogen and oxygen atoms in total. The van der Waals surface area contributed by atoms with Crippen molar-refractivity contribution >= 4 is 28.6 Å². The number of nitrogens with one attached hydrogen (secondary N) is 1. The van der Waals surface area contributed by atoms with Crippen LogP contribution < -0.4 is 5.32 Å². The molecule has 4 atom stereocenters.